The average Bonchev–Trinajstić information content (AvgIpc) is 3.09. The molecule has 3 rings (SSSR count). The lowest BCUT2D eigenvalue weighted by Gasteiger charge is -2.09. The normalized spacial score (nSPS) is 17.5. The van der Waals surface area contributed by atoms with Crippen LogP contribution in [0.15, 0.2) is 48.1 Å². The van der Waals surface area contributed by atoms with Gasteiger partial charge in [0.2, 0.25) is 0 Å². The molecule has 0 bridgehead atoms. The van der Waals surface area contributed by atoms with Crippen LogP contribution in [0, 0.1) is 0 Å². The van der Waals surface area contributed by atoms with Gasteiger partial charge in [-0.15, -0.1) is 16.8 Å². The van der Waals surface area contributed by atoms with Crippen molar-refractivity contribution in [2.75, 3.05) is 6.61 Å². The quantitative estimate of drug-likeness (QED) is 0.605. The minimum Gasteiger partial charge on any atom is -0.464 e. The zero-order chi connectivity index (χ0) is 15.4. The minimum atomic E-state index is -0.142. The van der Waals surface area contributed by atoms with Crippen LogP contribution in [0.2, 0.25) is 0 Å². The number of thioether (sulfide) groups is 1. The molecule has 0 aliphatic carbocycles. The van der Waals surface area contributed by atoms with E-state index in [4.69, 9.17) is 4.74 Å². The third kappa shape index (κ3) is 3.39. The predicted molar refractivity (Wildman–Crippen MR) is 84.7 cm³/mol. The van der Waals surface area contributed by atoms with Gasteiger partial charge in [0, 0.05) is 13.0 Å². The van der Waals surface area contributed by atoms with Crippen LogP contribution >= 0.6 is 11.8 Å². The molecule has 0 spiro atoms. The highest BCUT2D eigenvalue weighted by molar-refractivity contribution is 7.99. The van der Waals surface area contributed by atoms with E-state index in [0.29, 0.717) is 19.6 Å². The van der Waals surface area contributed by atoms with Crippen LogP contribution in [0.5, 0.6) is 0 Å². The molecule has 1 atom stereocenters. The van der Waals surface area contributed by atoms with E-state index in [2.05, 4.69) is 28.9 Å². The zero-order valence-corrected chi connectivity index (χ0v) is 13.0. The first kappa shape index (κ1) is 14.8. The van der Waals surface area contributed by atoms with Crippen LogP contribution < -0.4 is 0 Å². The van der Waals surface area contributed by atoms with Crippen molar-refractivity contribution < 1.29 is 9.53 Å². The van der Waals surface area contributed by atoms with E-state index in [1.54, 1.807) is 11.8 Å². The summed E-state index contributed by atoms with van der Waals surface area (Å²) in [6.45, 7) is 4.90. The van der Waals surface area contributed by atoms with E-state index < -0.39 is 0 Å². The molecule has 1 unspecified atom stereocenters. The van der Waals surface area contributed by atoms with Crippen molar-refractivity contribution in [3.05, 3.63) is 54.4 Å². The van der Waals surface area contributed by atoms with Crippen LogP contribution in [0.25, 0.3) is 0 Å². The van der Waals surface area contributed by atoms with Crippen molar-refractivity contribution in [3.63, 3.8) is 0 Å². The summed E-state index contributed by atoms with van der Waals surface area (Å²) >= 11 is 1.55. The Labute approximate surface area is 133 Å². The van der Waals surface area contributed by atoms with Gasteiger partial charge in [0.25, 0.3) is 0 Å². The van der Waals surface area contributed by atoms with E-state index in [9.17, 15) is 4.79 Å². The minimum absolute atomic E-state index is 0.116. The Morgan fingerprint density at radius 1 is 1.36 bits per heavy atom. The Morgan fingerprint density at radius 3 is 2.86 bits per heavy atom. The third-order valence-electron chi connectivity index (χ3n) is 3.41. The Balaban J connectivity index is 1.79. The summed E-state index contributed by atoms with van der Waals surface area (Å²) < 4.78 is 7.05. The fourth-order valence-electron chi connectivity index (χ4n) is 2.34. The van der Waals surface area contributed by atoms with Crippen molar-refractivity contribution in [2.45, 2.75) is 29.8 Å². The molecule has 1 aromatic carbocycles. The van der Waals surface area contributed by atoms with Gasteiger partial charge in [-0.05, 0) is 5.56 Å². The van der Waals surface area contributed by atoms with Gasteiger partial charge in [0.1, 0.15) is 12.4 Å². The maximum atomic E-state index is 11.2. The number of rotatable bonds is 6. The smallest absolute Gasteiger partial charge is 0.307 e. The highest BCUT2D eigenvalue weighted by Crippen LogP contribution is 2.28. The number of hydrogen-bond donors (Lipinski definition) is 0. The maximum Gasteiger partial charge on any atom is 0.307 e. The zero-order valence-electron chi connectivity index (χ0n) is 12.1. The number of hydrogen-bond acceptors (Lipinski definition) is 5. The predicted octanol–water partition coefficient (Wildman–Crippen LogP) is 2.46. The summed E-state index contributed by atoms with van der Waals surface area (Å²) in [7, 11) is 0. The van der Waals surface area contributed by atoms with Crippen LogP contribution in [0.3, 0.4) is 0 Å². The molecule has 0 radical (unpaired) electrons. The molecule has 1 aliphatic heterocycles. The van der Waals surface area contributed by atoms with Crippen LogP contribution in [0.4, 0.5) is 0 Å². The van der Waals surface area contributed by atoms with Crippen molar-refractivity contribution in [1.82, 2.24) is 14.8 Å². The summed E-state index contributed by atoms with van der Waals surface area (Å²) in [6.07, 6.45) is 2.99. The monoisotopic (exact) mass is 315 g/mol. The van der Waals surface area contributed by atoms with E-state index in [1.165, 1.54) is 5.56 Å². The van der Waals surface area contributed by atoms with Gasteiger partial charge in [-0.1, -0.05) is 48.2 Å². The Hall–Kier alpha value is -2.08. The summed E-state index contributed by atoms with van der Waals surface area (Å²) in [5.74, 6) is 0.760. The number of esters is 1. The summed E-state index contributed by atoms with van der Waals surface area (Å²) in [4.78, 5) is 11.2. The molecule has 1 fully saturated rings. The van der Waals surface area contributed by atoms with Gasteiger partial charge in [-0.3, -0.25) is 4.79 Å². The van der Waals surface area contributed by atoms with Gasteiger partial charge in [-0.2, -0.15) is 0 Å². The van der Waals surface area contributed by atoms with Crippen molar-refractivity contribution in [2.24, 2.45) is 0 Å². The van der Waals surface area contributed by atoms with Gasteiger partial charge >= 0.3 is 5.97 Å². The van der Waals surface area contributed by atoms with Gasteiger partial charge in [0.15, 0.2) is 5.16 Å². The molecule has 22 heavy (non-hydrogen) atoms. The van der Waals surface area contributed by atoms with Crippen molar-refractivity contribution in [1.29, 1.82) is 0 Å². The Kier molecular flexibility index (Phi) is 4.58. The molecule has 2 heterocycles. The third-order valence-corrected chi connectivity index (χ3v) is 4.56. The lowest BCUT2D eigenvalue weighted by atomic mass is 10.1. The van der Waals surface area contributed by atoms with Crippen molar-refractivity contribution >= 4 is 17.7 Å². The second kappa shape index (κ2) is 6.79. The summed E-state index contributed by atoms with van der Waals surface area (Å²) in [6, 6.07) is 10.2. The number of ether oxygens (including phenoxy) is 1. The lowest BCUT2D eigenvalue weighted by Crippen LogP contribution is -2.08. The van der Waals surface area contributed by atoms with Crippen LogP contribution in [-0.2, 0) is 22.5 Å². The number of allylic oxidation sites excluding steroid dienone is 1. The first-order chi connectivity index (χ1) is 10.8. The molecule has 1 aliphatic rings. The highest BCUT2D eigenvalue weighted by Gasteiger charge is 2.27. The van der Waals surface area contributed by atoms with E-state index in [1.807, 2.05) is 28.8 Å². The highest BCUT2D eigenvalue weighted by atomic mass is 32.2. The second-order valence-corrected chi connectivity index (χ2v) is 6.35. The maximum absolute atomic E-state index is 11.2. The number of aromatic nitrogens is 3. The Bertz CT molecular complexity index is 669. The standard InChI is InChI=1S/C16H17N3O2S/c1-2-8-19-14(9-12-6-4-3-5-7-12)17-18-16(19)22-13-10-15(20)21-11-13/h2-7,13H,1,8-11H2. The molecule has 0 N–H and O–H groups in total. The van der Waals surface area contributed by atoms with Crippen LogP contribution in [0.1, 0.15) is 17.8 Å². The number of cyclic esters (lactones) is 1. The number of carbonyl (C=O) groups is 1. The van der Waals surface area contributed by atoms with E-state index in [0.717, 1.165) is 17.4 Å². The molecule has 1 saturated heterocycles. The topological polar surface area (TPSA) is 57.0 Å². The molecule has 5 nitrogen and oxygen atoms in total. The number of carbonyl (C=O) groups excluding carboxylic acids is 1. The molecular formula is C16H17N3O2S. The summed E-state index contributed by atoms with van der Waals surface area (Å²) in [5.41, 5.74) is 1.19. The largest absolute Gasteiger partial charge is 0.464 e. The van der Waals surface area contributed by atoms with E-state index in [-0.39, 0.29) is 11.2 Å². The molecule has 2 aromatic rings. The summed E-state index contributed by atoms with van der Waals surface area (Å²) in [5, 5.41) is 9.52. The molecular weight excluding hydrogens is 298 g/mol. The molecule has 0 saturated carbocycles. The van der Waals surface area contributed by atoms with Crippen LogP contribution in [-0.4, -0.2) is 32.6 Å². The SMILES string of the molecule is C=CCn1c(Cc2ccccc2)nnc1SC1COC(=O)C1. The molecule has 1 aromatic heterocycles. The second-order valence-electron chi connectivity index (χ2n) is 5.09. The first-order valence-corrected chi connectivity index (χ1v) is 8.03. The van der Waals surface area contributed by atoms with Gasteiger partial charge in [0.05, 0.1) is 11.7 Å². The number of nitrogens with zero attached hydrogens (tertiary/aromatic N) is 3. The molecule has 6 heteroatoms. The van der Waals surface area contributed by atoms with Crippen molar-refractivity contribution in [3.8, 4) is 0 Å². The van der Waals surface area contributed by atoms with Gasteiger partial charge < -0.3 is 9.30 Å². The van der Waals surface area contributed by atoms with E-state index >= 15 is 0 Å². The average molecular weight is 315 g/mol. The first-order valence-electron chi connectivity index (χ1n) is 7.15. The number of benzene rings is 1. The fraction of sp³-hybridized carbons (Fsp3) is 0.312. The fourth-order valence-corrected chi connectivity index (χ4v) is 3.39. The lowest BCUT2D eigenvalue weighted by molar-refractivity contribution is -0.137. The molecule has 114 valence electrons. The molecule has 0 amide bonds. The Morgan fingerprint density at radius 2 is 2.18 bits per heavy atom. The van der Waals surface area contributed by atoms with Gasteiger partial charge in [-0.25, -0.2) is 0 Å².